The van der Waals surface area contributed by atoms with Crippen LogP contribution in [-0.4, -0.2) is 34.6 Å². The molecule has 6 rings (SSSR count). The summed E-state index contributed by atoms with van der Waals surface area (Å²) in [5.74, 6) is 2.76. The second-order valence-corrected chi connectivity index (χ2v) is 11.2. The normalized spacial score (nSPS) is 32.6. The molecular weight excluding hydrogens is 401 g/mol. The molecule has 4 nitrogen and oxygen atoms in total. The molecule has 32 heavy (non-hydrogen) atoms. The minimum atomic E-state index is -0.0327. The molecule has 1 aromatic carbocycles. The molecule has 170 valence electrons. The molecule has 1 heterocycles. The summed E-state index contributed by atoms with van der Waals surface area (Å²) in [6, 6.07) is 5.66. The van der Waals surface area contributed by atoms with Crippen molar-refractivity contribution in [2.45, 2.75) is 75.5 Å². The van der Waals surface area contributed by atoms with Gasteiger partial charge >= 0.3 is 0 Å². The van der Waals surface area contributed by atoms with Gasteiger partial charge in [0.25, 0.3) is 0 Å². The molecule has 4 aliphatic carbocycles. The lowest BCUT2D eigenvalue weighted by molar-refractivity contribution is -0.130. The number of hydrogen-bond acceptors (Lipinski definition) is 2. The van der Waals surface area contributed by atoms with Crippen LogP contribution < -0.4 is 0 Å². The Bertz CT molecular complexity index is 1040. The third-order valence-electron chi connectivity index (χ3n) is 9.34. The minimum absolute atomic E-state index is 0.0327. The summed E-state index contributed by atoms with van der Waals surface area (Å²) >= 11 is 0. The van der Waals surface area contributed by atoms with Gasteiger partial charge in [-0.25, -0.2) is 4.39 Å². The topological polar surface area (TPSA) is 49.0 Å². The van der Waals surface area contributed by atoms with Crippen molar-refractivity contribution in [1.82, 2.24) is 15.1 Å². The fraction of sp³-hybridized carbons (Fsp3) is 0.630. The van der Waals surface area contributed by atoms with Gasteiger partial charge in [-0.3, -0.25) is 9.89 Å². The smallest absolute Gasteiger partial charge is 0.222 e. The van der Waals surface area contributed by atoms with E-state index in [1.54, 1.807) is 6.07 Å². The quantitative estimate of drug-likeness (QED) is 0.692. The third kappa shape index (κ3) is 3.07. The van der Waals surface area contributed by atoms with Crippen molar-refractivity contribution >= 4 is 5.91 Å². The molecule has 0 bridgehead atoms. The predicted octanol–water partition coefficient (Wildman–Crippen LogP) is 5.31. The first-order valence-electron chi connectivity index (χ1n) is 12.5. The molecule has 5 atom stereocenters. The van der Waals surface area contributed by atoms with Gasteiger partial charge in [-0.2, -0.15) is 5.10 Å². The van der Waals surface area contributed by atoms with E-state index in [-0.39, 0.29) is 17.1 Å². The van der Waals surface area contributed by atoms with Crippen molar-refractivity contribution in [2.75, 3.05) is 13.6 Å². The van der Waals surface area contributed by atoms with Crippen LogP contribution in [0.1, 0.15) is 86.1 Å². The summed E-state index contributed by atoms with van der Waals surface area (Å²) in [5, 5.41) is 7.86. The van der Waals surface area contributed by atoms with Gasteiger partial charge in [0.1, 0.15) is 5.82 Å². The summed E-state index contributed by atoms with van der Waals surface area (Å²) in [5.41, 5.74) is 4.81. The molecule has 1 aromatic heterocycles. The number of rotatable bonds is 5. The number of amides is 1. The molecule has 2 aromatic rings. The molecular formula is C27H34FN3O. The molecule has 1 N–H and O–H groups in total. The van der Waals surface area contributed by atoms with Crippen LogP contribution in [0.5, 0.6) is 0 Å². The Morgan fingerprint density at radius 3 is 2.91 bits per heavy atom. The van der Waals surface area contributed by atoms with Crippen molar-refractivity contribution in [3.05, 3.63) is 52.6 Å². The fourth-order valence-corrected chi connectivity index (χ4v) is 7.67. The monoisotopic (exact) mass is 435 g/mol. The highest BCUT2D eigenvalue weighted by Crippen LogP contribution is 2.64. The number of carbonyl (C=O) groups excluding carboxylic acids is 1. The van der Waals surface area contributed by atoms with Gasteiger partial charge in [0.15, 0.2) is 0 Å². The van der Waals surface area contributed by atoms with E-state index in [2.05, 4.69) is 24.3 Å². The van der Waals surface area contributed by atoms with Gasteiger partial charge in [0.05, 0.1) is 5.69 Å². The molecule has 4 aliphatic rings. The fourth-order valence-electron chi connectivity index (χ4n) is 7.67. The molecule has 5 heteroatoms. The average Bonchev–Trinajstić information content (AvgIpc) is 3.38. The standard InChI is InChI=1S/C27H34FN3O/c1-27-13-12-18-17-4-3-5-23(28)19(17)8-9-20(18)25(27)21(22-14-29-30-26(22)27)10-11-24(32)31(2)15-16-6-7-16/h3-5,14,16,18,20-21,25H,6-13,15H2,1-2H3,(H,29,30)/t18?,20?,21-,25?,27+/m1/s1. The maximum atomic E-state index is 14.5. The summed E-state index contributed by atoms with van der Waals surface area (Å²) in [6.45, 7) is 3.31. The highest BCUT2D eigenvalue weighted by Gasteiger charge is 2.58. The van der Waals surface area contributed by atoms with Gasteiger partial charge in [0, 0.05) is 31.6 Å². The van der Waals surface area contributed by atoms with Crippen LogP contribution in [0.25, 0.3) is 0 Å². The van der Waals surface area contributed by atoms with Crippen LogP contribution in [0.15, 0.2) is 24.4 Å². The maximum Gasteiger partial charge on any atom is 0.222 e. The average molecular weight is 436 g/mol. The molecule has 0 radical (unpaired) electrons. The largest absolute Gasteiger partial charge is 0.345 e. The summed E-state index contributed by atoms with van der Waals surface area (Å²) in [7, 11) is 1.96. The highest BCUT2D eigenvalue weighted by molar-refractivity contribution is 5.76. The minimum Gasteiger partial charge on any atom is -0.345 e. The van der Waals surface area contributed by atoms with Gasteiger partial charge < -0.3 is 4.90 Å². The number of fused-ring (bicyclic) bond motifs is 7. The number of benzene rings is 1. The number of nitrogens with zero attached hydrogens (tertiary/aromatic N) is 2. The van der Waals surface area contributed by atoms with Crippen LogP contribution >= 0.6 is 0 Å². The number of aromatic nitrogens is 2. The van der Waals surface area contributed by atoms with E-state index in [4.69, 9.17) is 5.10 Å². The van der Waals surface area contributed by atoms with Gasteiger partial charge in [-0.1, -0.05) is 19.1 Å². The number of H-pyrrole nitrogens is 1. The summed E-state index contributed by atoms with van der Waals surface area (Å²) < 4.78 is 14.5. The number of halogens is 1. The Balaban J connectivity index is 1.29. The van der Waals surface area contributed by atoms with Crippen molar-refractivity contribution in [3.8, 4) is 0 Å². The van der Waals surface area contributed by atoms with E-state index in [1.165, 1.54) is 29.7 Å². The lowest BCUT2D eigenvalue weighted by atomic mass is 9.53. The zero-order valence-electron chi connectivity index (χ0n) is 19.2. The van der Waals surface area contributed by atoms with E-state index in [0.29, 0.717) is 30.1 Å². The van der Waals surface area contributed by atoms with Crippen molar-refractivity contribution in [2.24, 2.45) is 17.8 Å². The van der Waals surface area contributed by atoms with Crippen molar-refractivity contribution < 1.29 is 9.18 Å². The lowest BCUT2D eigenvalue weighted by Crippen LogP contribution is -2.44. The number of aromatic amines is 1. The highest BCUT2D eigenvalue weighted by atomic mass is 19.1. The Hall–Kier alpha value is -2.17. The Kier molecular flexibility index (Phi) is 4.74. The Labute approximate surface area is 190 Å². The van der Waals surface area contributed by atoms with E-state index in [0.717, 1.165) is 50.1 Å². The van der Waals surface area contributed by atoms with Crippen molar-refractivity contribution in [1.29, 1.82) is 0 Å². The molecule has 0 spiro atoms. The van der Waals surface area contributed by atoms with Crippen molar-refractivity contribution in [3.63, 3.8) is 0 Å². The molecule has 1 amide bonds. The van der Waals surface area contributed by atoms with Crippen LogP contribution in [0, 0.1) is 23.6 Å². The molecule has 0 saturated heterocycles. The molecule has 2 saturated carbocycles. The van der Waals surface area contributed by atoms with Gasteiger partial charge in [0.2, 0.25) is 5.91 Å². The van der Waals surface area contributed by atoms with E-state index < -0.39 is 0 Å². The van der Waals surface area contributed by atoms with E-state index >= 15 is 0 Å². The van der Waals surface area contributed by atoms with E-state index in [1.807, 2.05) is 18.0 Å². The zero-order valence-corrected chi connectivity index (χ0v) is 19.2. The molecule has 0 aliphatic heterocycles. The van der Waals surface area contributed by atoms with Crippen LogP contribution in [0.4, 0.5) is 4.39 Å². The van der Waals surface area contributed by atoms with Crippen LogP contribution in [0.3, 0.4) is 0 Å². The van der Waals surface area contributed by atoms with E-state index in [9.17, 15) is 9.18 Å². The molecule has 2 fully saturated rings. The third-order valence-corrected chi connectivity index (χ3v) is 9.34. The Morgan fingerprint density at radius 1 is 1.25 bits per heavy atom. The lowest BCUT2D eigenvalue weighted by Gasteiger charge is -2.50. The number of hydrogen-bond donors (Lipinski definition) is 1. The zero-order chi connectivity index (χ0) is 22.0. The maximum absolute atomic E-state index is 14.5. The van der Waals surface area contributed by atoms with Crippen LogP contribution in [-0.2, 0) is 16.6 Å². The predicted molar refractivity (Wildman–Crippen MR) is 122 cm³/mol. The number of nitrogens with one attached hydrogen (secondary N) is 1. The summed E-state index contributed by atoms with van der Waals surface area (Å²) in [6.07, 6.45) is 10.2. The first-order valence-corrected chi connectivity index (χ1v) is 12.5. The molecule has 3 unspecified atom stereocenters. The second kappa shape index (κ2) is 7.43. The SMILES string of the molecule is CN(CC1CC1)C(=O)CC[C@@H]1c2c[nH]nc2[C@@]2(C)CCC3c4cccc(F)c4CCC3C12. The Morgan fingerprint density at radius 2 is 2.09 bits per heavy atom. The number of carbonyl (C=O) groups is 1. The van der Waals surface area contributed by atoms with Gasteiger partial charge in [-0.15, -0.1) is 0 Å². The first-order chi connectivity index (χ1) is 15.5. The van der Waals surface area contributed by atoms with Crippen LogP contribution in [0.2, 0.25) is 0 Å². The second-order valence-electron chi connectivity index (χ2n) is 11.2. The first kappa shape index (κ1) is 20.4. The summed E-state index contributed by atoms with van der Waals surface area (Å²) in [4.78, 5) is 14.8. The van der Waals surface area contributed by atoms with Gasteiger partial charge in [-0.05, 0) is 97.3 Å².